The minimum atomic E-state index is -0.0319. The molecule has 0 spiro atoms. The van der Waals surface area contributed by atoms with Crippen molar-refractivity contribution < 1.29 is 9.32 Å². The summed E-state index contributed by atoms with van der Waals surface area (Å²) in [5.41, 5.74) is 1.13. The van der Waals surface area contributed by atoms with Crippen molar-refractivity contribution in [3.63, 3.8) is 0 Å². The third-order valence-electron chi connectivity index (χ3n) is 5.67. The van der Waals surface area contributed by atoms with Crippen LogP contribution in [-0.4, -0.2) is 45.0 Å². The Morgan fingerprint density at radius 2 is 2.07 bits per heavy atom. The molecule has 2 fully saturated rings. The molecule has 0 aromatic carbocycles. The van der Waals surface area contributed by atoms with Crippen molar-refractivity contribution in [1.82, 2.24) is 30.6 Å². The highest BCUT2D eigenvalue weighted by atomic mass is 35.5. The maximum atomic E-state index is 12.8. The summed E-state index contributed by atoms with van der Waals surface area (Å²) in [5, 5.41) is 14.8. The first-order valence-corrected chi connectivity index (χ1v) is 9.40. The molecule has 1 aliphatic carbocycles. The molecule has 2 aromatic rings. The van der Waals surface area contributed by atoms with E-state index in [1.807, 2.05) is 26.4 Å². The second-order valence-corrected chi connectivity index (χ2v) is 7.56. The predicted molar refractivity (Wildman–Crippen MR) is 102 cm³/mol. The first-order chi connectivity index (χ1) is 12.6. The quantitative estimate of drug-likeness (QED) is 0.818. The summed E-state index contributed by atoms with van der Waals surface area (Å²) in [5.74, 6) is 2.06. The lowest BCUT2D eigenvalue weighted by Gasteiger charge is -2.28. The second kappa shape index (κ2) is 8.39. The van der Waals surface area contributed by atoms with E-state index in [-0.39, 0.29) is 36.2 Å². The number of halogens is 1. The first kappa shape index (κ1) is 19.8. The SMILES string of the molecule is Cc1noc(C2CCC(NC(=O)[C@H]3CNC[C@@H]3c3cnn(C)c3)CC2)n1.Cl. The number of amides is 1. The fourth-order valence-corrected chi connectivity index (χ4v) is 4.21. The molecule has 1 saturated heterocycles. The summed E-state index contributed by atoms with van der Waals surface area (Å²) < 4.78 is 7.10. The molecule has 2 atom stereocenters. The molecule has 1 aliphatic heterocycles. The van der Waals surface area contributed by atoms with Crippen molar-refractivity contribution in [3.05, 3.63) is 29.7 Å². The van der Waals surface area contributed by atoms with Crippen LogP contribution in [0.5, 0.6) is 0 Å². The Labute approximate surface area is 164 Å². The van der Waals surface area contributed by atoms with Gasteiger partial charge in [0.05, 0.1) is 12.1 Å². The molecule has 1 amide bonds. The van der Waals surface area contributed by atoms with E-state index in [0.717, 1.165) is 50.2 Å². The van der Waals surface area contributed by atoms with Crippen LogP contribution in [0, 0.1) is 12.8 Å². The van der Waals surface area contributed by atoms with E-state index in [2.05, 4.69) is 25.9 Å². The number of rotatable bonds is 4. The Morgan fingerprint density at radius 1 is 1.30 bits per heavy atom. The molecule has 4 rings (SSSR count). The lowest BCUT2D eigenvalue weighted by atomic mass is 9.85. The average Bonchev–Trinajstić information content (AvgIpc) is 3.35. The Bertz CT molecular complexity index is 767. The molecule has 3 heterocycles. The highest BCUT2D eigenvalue weighted by molar-refractivity contribution is 5.85. The van der Waals surface area contributed by atoms with Gasteiger partial charge in [0.15, 0.2) is 5.82 Å². The maximum Gasteiger partial charge on any atom is 0.229 e. The number of nitrogens with zero attached hydrogens (tertiary/aromatic N) is 4. The number of hydrogen-bond acceptors (Lipinski definition) is 6. The fourth-order valence-electron chi connectivity index (χ4n) is 4.21. The van der Waals surface area contributed by atoms with Crippen molar-refractivity contribution in [3.8, 4) is 0 Å². The molecule has 0 unspecified atom stereocenters. The standard InChI is InChI=1S/C18H26N6O2.ClH/c1-11-21-18(26-23-11)12-3-5-14(6-4-12)22-17(25)16-9-19-8-15(16)13-7-20-24(2)10-13;/h7,10,12,14-16,19H,3-6,8-9H2,1-2H3,(H,22,25);1H/t12?,14?,15-,16+;/m1./s1. The van der Waals surface area contributed by atoms with Gasteiger partial charge in [-0.15, -0.1) is 12.4 Å². The van der Waals surface area contributed by atoms with E-state index in [1.54, 1.807) is 4.68 Å². The normalized spacial score (nSPS) is 27.9. The van der Waals surface area contributed by atoms with Crippen LogP contribution in [0.25, 0.3) is 0 Å². The van der Waals surface area contributed by atoms with E-state index in [4.69, 9.17) is 4.52 Å². The van der Waals surface area contributed by atoms with Crippen molar-refractivity contribution in [2.45, 2.75) is 50.5 Å². The van der Waals surface area contributed by atoms with Gasteiger partial charge in [-0.1, -0.05) is 5.16 Å². The van der Waals surface area contributed by atoms with E-state index < -0.39 is 0 Å². The molecule has 2 aliphatic rings. The summed E-state index contributed by atoms with van der Waals surface area (Å²) in [7, 11) is 1.91. The van der Waals surface area contributed by atoms with Crippen LogP contribution in [-0.2, 0) is 11.8 Å². The van der Waals surface area contributed by atoms with Crippen LogP contribution in [0.2, 0.25) is 0 Å². The van der Waals surface area contributed by atoms with Gasteiger partial charge in [-0.05, 0) is 38.2 Å². The van der Waals surface area contributed by atoms with E-state index in [1.165, 1.54) is 0 Å². The minimum Gasteiger partial charge on any atom is -0.353 e. The Balaban J connectivity index is 0.00000210. The van der Waals surface area contributed by atoms with Crippen LogP contribution in [0.1, 0.15) is 54.8 Å². The molecular formula is C18H27ClN6O2. The number of aromatic nitrogens is 4. The zero-order valence-electron chi connectivity index (χ0n) is 15.7. The maximum absolute atomic E-state index is 12.8. The first-order valence-electron chi connectivity index (χ1n) is 9.40. The molecule has 148 valence electrons. The molecule has 0 radical (unpaired) electrons. The zero-order valence-corrected chi connectivity index (χ0v) is 16.5. The lowest BCUT2D eigenvalue weighted by molar-refractivity contribution is -0.125. The van der Waals surface area contributed by atoms with Gasteiger partial charge in [0, 0.05) is 44.2 Å². The van der Waals surface area contributed by atoms with E-state index in [0.29, 0.717) is 11.7 Å². The van der Waals surface area contributed by atoms with Gasteiger partial charge in [-0.3, -0.25) is 9.48 Å². The van der Waals surface area contributed by atoms with Crippen molar-refractivity contribution >= 4 is 18.3 Å². The monoisotopic (exact) mass is 394 g/mol. The Kier molecular flexibility index (Phi) is 6.16. The molecule has 1 saturated carbocycles. The molecule has 8 nitrogen and oxygen atoms in total. The fraction of sp³-hybridized carbons (Fsp3) is 0.667. The lowest BCUT2D eigenvalue weighted by Crippen LogP contribution is -2.42. The molecule has 0 bridgehead atoms. The second-order valence-electron chi connectivity index (χ2n) is 7.56. The summed E-state index contributed by atoms with van der Waals surface area (Å²) in [6, 6.07) is 0.234. The molecular weight excluding hydrogens is 368 g/mol. The minimum absolute atomic E-state index is 0. The largest absolute Gasteiger partial charge is 0.353 e. The van der Waals surface area contributed by atoms with Gasteiger partial charge < -0.3 is 15.2 Å². The van der Waals surface area contributed by atoms with Crippen LogP contribution < -0.4 is 10.6 Å². The molecule has 9 heteroatoms. The summed E-state index contributed by atoms with van der Waals surface area (Å²) in [6.07, 6.45) is 7.74. The van der Waals surface area contributed by atoms with Gasteiger partial charge in [-0.2, -0.15) is 10.1 Å². The number of aryl methyl sites for hydroxylation is 2. The summed E-state index contributed by atoms with van der Waals surface area (Å²) in [4.78, 5) is 17.2. The smallest absolute Gasteiger partial charge is 0.229 e. The van der Waals surface area contributed by atoms with Crippen molar-refractivity contribution in [2.24, 2.45) is 13.0 Å². The molecule has 27 heavy (non-hydrogen) atoms. The summed E-state index contributed by atoms with van der Waals surface area (Å²) in [6.45, 7) is 3.39. The Morgan fingerprint density at radius 3 is 2.70 bits per heavy atom. The topological polar surface area (TPSA) is 97.9 Å². The third-order valence-corrected chi connectivity index (χ3v) is 5.67. The van der Waals surface area contributed by atoms with Gasteiger partial charge in [0.2, 0.25) is 11.8 Å². The van der Waals surface area contributed by atoms with Gasteiger partial charge >= 0.3 is 0 Å². The van der Waals surface area contributed by atoms with Crippen molar-refractivity contribution in [2.75, 3.05) is 13.1 Å². The average molecular weight is 395 g/mol. The van der Waals surface area contributed by atoms with Crippen LogP contribution in [0.15, 0.2) is 16.9 Å². The number of nitrogens with one attached hydrogen (secondary N) is 2. The van der Waals surface area contributed by atoms with Crippen LogP contribution >= 0.6 is 12.4 Å². The number of carbonyl (C=O) groups excluding carboxylic acids is 1. The van der Waals surface area contributed by atoms with Crippen LogP contribution in [0.4, 0.5) is 0 Å². The van der Waals surface area contributed by atoms with E-state index >= 15 is 0 Å². The van der Waals surface area contributed by atoms with Gasteiger partial charge in [-0.25, -0.2) is 0 Å². The van der Waals surface area contributed by atoms with Crippen molar-refractivity contribution in [1.29, 1.82) is 0 Å². The van der Waals surface area contributed by atoms with Crippen LogP contribution in [0.3, 0.4) is 0 Å². The summed E-state index contributed by atoms with van der Waals surface area (Å²) >= 11 is 0. The highest BCUT2D eigenvalue weighted by Crippen LogP contribution is 2.33. The molecule has 2 aromatic heterocycles. The Hall–Kier alpha value is -1.93. The predicted octanol–water partition coefficient (Wildman–Crippen LogP) is 1.68. The number of hydrogen-bond donors (Lipinski definition) is 2. The van der Waals surface area contributed by atoms with Gasteiger partial charge in [0.1, 0.15) is 0 Å². The number of carbonyl (C=O) groups is 1. The van der Waals surface area contributed by atoms with E-state index in [9.17, 15) is 4.79 Å². The highest BCUT2D eigenvalue weighted by Gasteiger charge is 2.36. The third kappa shape index (κ3) is 4.32. The zero-order chi connectivity index (χ0) is 18.1. The van der Waals surface area contributed by atoms with Gasteiger partial charge in [0.25, 0.3) is 0 Å². The molecule has 2 N–H and O–H groups in total.